The van der Waals surface area contributed by atoms with Crippen LogP contribution in [0.1, 0.15) is 101 Å². The van der Waals surface area contributed by atoms with Crippen LogP contribution in [0.4, 0.5) is 0 Å². The van der Waals surface area contributed by atoms with Crippen LogP contribution in [0, 0.1) is 5.92 Å². The number of phenolic OH excluding ortho intramolecular Hbond substituents is 1. The smallest absolute Gasteiger partial charge is 0.308 e. The Bertz CT molecular complexity index is 1050. The van der Waals surface area contributed by atoms with Gasteiger partial charge in [0.25, 0.3) is 0 Å². The lowest BCUT2D eigenvalue weighted by atomic mass is 9.97. The molecular weight excluding hydrogens is 444 g/mol. The van der Waals surface area contributed by atoms with Gasteiger partial charge in [0.1, 0.15) is 11.5 Å². The Hall–Kier alpha value is -3.07. The van der Waals surface area contributed by atoms with Crippen molar-refractivity contribution in [3.63, 3.8) is 0 Å². The largest absolute Gasteiger partial charge is 0.508 e. The van der Waals surface area contributed by atoms with Gasteiger partial charge in [0.05, 0.1) is 0 Å². The summed E-state index contributed by atoms with van der Waals surface area (Å²) in [6, 6.07) is 23.9. The standard InChI is InChI=1S/C12H16O2.C11H14.C10H14O/c1-4-9(2)11-5-7-12(8-6-11)14-10(3)13;1-8-7-10-5-3-4-6-11(10)9(8)2;1-3-8(2)9-4-6-10(11)7-5-9/h5-9H,4H2,1-3H3;3-6,8-9H,7H2,1-2H3;4-8,11H,3H2,1-2H3. The number of fused-ring (bicyclic) bond motifs is 1. The number of rotatable bonds is 5. The fourth-order valence-corrected chi connectivity index (χ4v) is 4.30. The van der Waals surface area contributed by atoms with Crippen molar-refractivity contribution in [2.75, 3.05) is 0 Å². The lowest BCUT2D eigenvalue weighted by Crippen LogP contribution is -2.01. The third-order valence-electron chi connectivity index (χ3n) is 7.34. The van der Waals surface area contributed by atoms with E-state index in [0.717, 1.165) is 24.7 Å². The quantitative estimate of drug-likeness (QED) is 0.288. The summed E-state index contributed by atoms with van der Waals surface area (Å²) < 4.78 is 4.94. The van der Waals surface area contributed by atoms with Gasteiger partial charge in [0.15, 0.2) is 0 Å². The molecule has 0 radical (unpaired) electrons. The molecule has 4 rings (SSSR count). The van der Waals surface area contributed by atoms with Gasteiger partial charge in [-0.2, -0.15) is 0 Å². The van der Waals surface area contributed by atoms with Crippen molar-refractivity contribution in [2.45, 2.75) is 85.5 Å². The third kappa shape index (κ3) is 8.86. The Morgan fingerprint density at radius 1 is 0.861 bits per heavy atom. The Morgan fingerprint density at radius 3 is 1.83 bits per heavy atom. The minimum absolute atomic E-state index is 0.277. The highest BCUT2D eigenvalue weighted by atomic mass is 16.5. The zero-order valence-electron chi connectivity index (χ0n) is 23.1. The fraction of sp³-hybridized carbons (Fsp3) is 0.424. The van der Waals surface area contributed by atoms with Gasteiger partial charge in [-0.05, 0) is 89.5 Å². The van der Waals surface area contributed by atoms with Gasteiger partial charge in [-0.1, -0.05) is 90.1 Å². The molecule has 4 atom stereocenters. The first-order valence-electron chi connectivity index (χ1n) is 13.3. The summed E-state index contributed by atoms with van der Waals surface area (Å²) in [5, 5.41) is 9.01. The van der Waals surface area contributed by atoms with Crippen molar-refractivity contribution < 1.29 is 14.6 Å². The predicted octanol–water partition coefficient (Wildman–Crippen LogP) is 9.01. The van der Waals surface area contributed by atoms with E-state index in [1.807, 2.05) is 36.4 Å². The zero-order chi connectivity index (χ0) is 26.7. The van der Waals surface area contributed by atoms with E-state index in [1.54, 1.807) is 23.3 Å². The van der Waals surface area contributed by atoms with Crippen molar-refractivity contribution in [2.24, 2.45) is 5.92 Å². The molecule has 0 saturated heterocycles. The lowest BCUT2D eigenvalue weighted by Gasteiger charge is -2.09. The van der Waals surface area contributed by atoms with E-state index in [-0.39, 0.29) is 5.97 Å². The monoisotopic (exact) mass is 488 g/mol. The lowest BCUT2D eigenvalue weighted by molar-refractivity contribution is -0.131. The second-order valence-corrected chi connectivity index (χ2v) is 10.0. The maximum Gasteiger partial charge on any atom is 0.308 e. The highest BCUT2D eigenvalue weighted by Gasteiger charge is 2.24. The van der Waals surface area contributed by atoms with Crippen molar-refractivity contribution in [3.8, 4) is 11.5 Å². The fourth-order valence-electron chi connectivity index (χ4n) is 4.30. The Kier molecular flexibility index (Phi) is 11.7. The van der Waals surface area contributed by atoms with Crippen LogP contribution in [0.3, 0.4) is 0 Å². The van der Waals surface area contributed by atoms with Gasteiger partial charge in [-0.15, -0.1) is 0 Å². The molecule has 1 N–H and O–H groups in total. The zero-order valence-corrected chi connectivity index (χ0v) is 23.1. The molecule has 3 aromatic carbocycles. The van der Waals surface area contributed by atoms with E-state index < -0.39 is 0 Å². The Labute approximate surface area is 218 Å². The topological polar surface area (TPSA) is 46.5 Å². The molecule has 3 aromatic rings. The van der Waals surface area contributed by atoms with E-state index in [1.165, 1.54) is 24.5 Å². The number of carbonyl (C=O) groups is 1. The van der Waals surface area contributed by atoms with E-state index >= 15 is 0 Å². The van der Waals surface area contributed by atoms with E-state index in [2.05, 4.69) is 65.8 Å². The maximum absolute atomic E-state index is 10.7. The molecule has 3 nitrogen and oxygen atoms in total. The van der Waals surface area contributed by atoms with Gasteiger partial charge >= 0.3 is 5.97 Å². The average molecular weight is 489 g/mol. The number of ether oxygens (including phenoxy) is 1. The molecule has 4 unspecified atom stereocenters. The van der Waals surface area contributed by atoms with Gasteiger partial charge in [0, 0.05) is 6.92 Å². The first-order chi connectivity index (χ1) is 17.2. The molecule has 0 bridgehead atoms. The van der Waals surface area contributed by atoms with Crippen LogP contribution < -0.4 is 4.74 Å². The number of esters is 1. The molecule has 0 aromatic heterocycles. The molecule has 0 aliphatic heterocycles. The summed E-state index contributed by atoms with van der Waals surface area (Å²) >= 11 is 0. The van der Waals surface area contributed by atoms with Gasteiger partial charge in [0.2, 0.25) is 0 Å². The van der Waals surface area contributed by atoms with Crippen molar-refractivity contribution >= 4 is 5.97 Å². The second kappa shape index (κ2) is 14.5. The number of benzene rings is 3. The van der Waals surface area contributed by atoms with Gasteiger partial charge in [-0.25, -0.2) is 0 Å². The number of carbonyl (C=O) groups excluding carboxylic acids is 1. The van der Waals surface area contributed by atoms with Crippen molar-refractivity contribution in [1.82, 2.24) is 0 Å². The molecule has 0 saturated carbocycles. The number of hydrogen-bond donors (Lipinski definition) is 1. The first-order valence-corrected chi connectivity index (χ1v) is 13.3. The van der Waals surface area contributed by atoms with E-state index in [4.69, 9.17) is 9.84 Å². The number of hydrogen-bond acceptors (Lipinski definition) is 3. The summed E-state index contributed by atoms with van der Waals surface area (Å²) in [4.78, 5) is 10.7. The molecule has 0 fully saturated rings. The van der Waals surface area contributed by atoms with Crippen molar-refractivity contribution in [3.05, 3.63) is 95.1 Å². The van der Waals surface area contributed by atoms with Crippen LogP contribution >= 0.6 is 0 Å². The molecule has 36 heavy (non-hydrogen) atoms. The van der Waals surface area contributed by atoms with Gasteiger partial charge in [-0.3, -0.25) is 4.79 Å². The van der Waals surface area contributed by atoms with Gasteiger partial charge < -0.3 is 9.84 Å². The van der Waals surface area contributed by atoms with Crippen LogP contribution in [0.25, 0.3) is 0 Å². The highest BCUT2D eigenvalue weighted by molar-refractivity contribution is 5.69. The summed E-state index contributed by atoms with van der Waals surface area (Å²) in [7, 11) is 0. The Balaban J connectivity index is 0.000000192. The summed E-state index contributed by atoms with van der Waals surface area (Å²) in [5.41, 5.74) is 5.71. The molecule has 1 aliphatic rings. The maximum atomic E-state index is 10.7. The normalized spacial score (nSPS) is 17.4. The van der Waals surface area contributed by atoms with Crippen LogP contribution in [0.5, 0.6) is 11.5 Å². The van der Waals surface area contributed by atoms with Crippen LogP contribution in [0.2, 0.25) is 0 Å². The molecule has 0 amide bonds. The van der Waals surface area contributed by atoms with Crippen molar-refractivity contribution in [1.29, 1.82) is 0 Å². The summed E-state index contributed by atoms with van der Waals surface area (Å²) in [6.07, 6.45) is 3.54. The highest BCUT2D eigenvalue weighted by Crippen LogP contribution is 2.36. The SMILES string of the molecule is CC1Cc2ccccc2C1C.CCC(C)c1ccc(O)cc1.CCC(C)c1ccc(OC(C)=O)cc1. The molecule has 194 valence electrons. The molecule has 3 heteroatoms. The second-order valence-electron chi connectivity index (χ2n) is 10.0. The predicted molar refractivity (Wildman–Crippen MR) is 151 cm³/mol. The molecule has 0 heterocycles. The van der Waals surface area contributed by atoms with Crippen LogP contribution in [-0.2, 0) is 11.2 Å². The molecule has 1 aliphatic carbocycles. The average Bonchev–Trinajstić information content (AvgIpc) is 3.17. The van der Waals surface area contributed by atoms with Crippen LogP contribution in [-0.4, -0.2) is 11.1 Å². The summed E-state index contributed by atoms with van der Waals surface area (Å²) in [5.74, 6) is 3.44. The minimum Gasteiger partial charge on any atom is -0.508 e. The minimum atomic E-state index is -0.277. The first kappa shape index (κ1) is 29.2. The van der Waals surface area contributed by atoms with Crippen LogP contribution in [0.15, 0.2) is 72.8 Å². The number of aromatic hydroxyl groups is 1. The molecule has 0 spiro atoms. The summed E-state index contributed by atoms with van der Waals surface area (Å²) in [6.45, 7) is 14.8. The van der Waals surface area contributed by atoms with E-state index in [9.17, 15) is 4.79 Å². The number of phenols is 1. The molecular formula is C33H44O3. The Morgan fingerprint density at radius 2 is 1.36 bits per heavy atom. The third-order valence-corrected chi connectivity index (χ3v) is 7.34. The van der Waals surface area contributed by atoms with E-state index in [0.29, 0.717) is 23.3 Å².